The number of ketones is 1. The molecule has 6 rings (SSSR count). The summed E-state index contributed by atoms with van der Waals surface area (Å²) in [6, 6.07) is 4.12. The molecule has 0 radical (unpaired) electrons. The van der Waals surface area contributed by atoms with Gasteiger partial charge in [0.2, 0.25) is 5.91 Å². The molecule has 1 saturated carbocycles. The van der Waals surface area contributed by atoms with E-state index in [0.717, 1.165) is 31.4 Å². The molecule has 5 atom stereocenters. The van der Waals surface area contributed by atoms with Crippen molar-refractivity contribution in [1.82, 2.24) is 4.90 Å². The number of fused-ring (bicyclic) bond motifs is 3. The molecule has 0 bridgehead atoms. The molecule has 1 unspecified atom stereocenters. The van der Waals surface area contributed by atoms with Gasteiger partial charge in [0.1, 0.15) is 11.3 Å². The summed E-state index contributed by atoms with van der Waals surface area (Å²) in [5.74, 6) is 0.283. The number of ether oxygens (including phenoxy) is 1. The molecule has 4 aliphatic heterocycles. The standard InChI is InChI=1S/C26H35N3O5/c1-23(2)12-17(30)20-18(34-5)9-8-16-21(20)28(23)22(31)26(16)13-25(29(32)33)14-27-10-6-7-15(27)11-19(25)24(26,3)4/h8-9,15,19,29,32H,6-7,10-14H2,1-5H3/t15-,19+,25-,26-/m1/s1. The lowest BCUT2D eigenvalue weighted by Gasteiger charge is -2.50. The Bertz CT molecular complexity index is 1110. The van der Waals surface area contributed by atoms with Crippen LogP contribution in [0.2, 0.25) is 0 Å². The van der Waals surface area contributed by atoms with Crippen LogP contribution in [0, 0.1) is 16.5 Å². The Labute approximate surface area is 200 Å². The molecule has 2 N–H and O–H groups in total. The van der Waals surface area contributed by atoms with Crippen LogP contribution in [0.4, 0.5) is 5.69 Å². The minimum absolute atomic E-state index is 0.0263. The van der Waals surface area contributed by atoms with E-state index in [4.69, 9.17) is 4.74 Å². The van der Waals surface area contributed by atoms with Gasteiger partial charge in [0, 0.05) is 30.3 Å². The predicted octanol–water partition coefficient (Wildman–Crippen LogP) is 2.07. The fraction of sp³-hybridized carbons (Fsp3) is 0.692. The van der Waals surface area contributed by atoms with Crippen LogP contribution in [0.15, 0.2) is 12.1 Å². The molecule has 4 heterocycles. The van der Waals surface area contributed by atoms with Crippen LogP contribution in [0.5, 0.6) is 5.75 Å². The molecule has 1 aromatic carbocycles. The van der Waals surface area contributed by atoms with Crippen molar-refractivity contribution >= 4 is 17.4 Å². The predicted molar refractivity (Wildman–Crippen MR) is 125 cm³/mol. The normalized spacial score (nSPS) is 38.1. The highest BCUT2D eigenvalue weighted by Gasteiger charge is 2.77. The Morgan fingerprint density at radius 1 is 1.21 bits per heavy atom. The fourth-order valence-corrected chi connectivity index (χ4v) is 8.72. The van der Waals surface area contributed by atoms with Crippen LogP contribution in [0.3, 0.4) is 0 Å². The number of nitrogens with one attached hydrogen (secondary N) is 1. The number of nitrogens with zero attached hydrogens (tertiary/aromatic N) is 2. The number of piperidine rings is 1. The van der Waals surface area contributed by atoms with Gasteiger partial charge in [-0.3, -0.25) is 14.5 Å². The van der Waals surface area contributed by atoms with E-state index in [1.165, 1.54) is 0 Å². The summed E-state index contributed by atoms with van der Waals surface area (Å²) >= 11 is 0. The van der Waals surface area contributed by atoms with E-state index in [0.29, 0.717) is 29.6 Å². The maximum Gasteiger partial charge on any atom is 0.239 e. The van der Waals surface area contributed by atoms with Gasteiger partial charge in [-0.05, 0) is 56.7 Å². The molecule has 34 heavy (non-hydrogen) atoms. The van der Waals surface area contributed by atoms with Gasteiger partial charge in [-0.1, -0.05) is 19.9 Å². The van der Waals surface area contributed by atoms with Crippen LogP contribution >= 0.6 is 0 Å². The van der Waals surface area contributed by atoms with E-state index in [9.17, 15) is 20.0 Å². The summed E-state index contributed by atoms with van der Waals surface area (Å²) in [6.45, 7) is 9.51. The van der Waals surface area contributed by atoms with Gasteiger partial charge in [-0.15, -0.1) is 0 Å². The summed E-state index contributed by atoms with van der Waals surface area (Å²) in [5.41, 5.74) is -1.32. The molecule has 1 spiro atoms. The second kappa shape index (κ2) is 6.60. The lowest BCUT2D eigenvalue weighted by atomic mass is 9.60. The molecule has 0 aromatic heterocycles. The molecule has 184 valence electrons. The van der Waals surface area contributed by atoms with Crippen LogP contribution in [0.1, 0.15) is 75.7 Å². The first-order valence-corrected chi connectivity index (χ1v) is 12.5. The van der Waals surface area contributed by atoms with E-state index >= 15 is 0 Å². The van der Waals surface area contributed by atoms with Crippen molar-refractivity contribution in [3.63, 3.8) is 0 Å². The first-order chi connectivity index (χ1) is 15.9. The number of Topliss-reactive ketones (excluding diaryl/α,β-unsaturated/α-hetero) is 1. The number of methoxy groups -OCH3 is 1. The van der Waals surface area contributed by atoms with Gasteiger partial charge in [0.25, 0.3) is 0 Å². The Morgan fingerprint density at radius 3 is 2.62 bits per heavy atom. The van der Waals surface area contributed by atoms with E-state index in [1.807, 2.05) is 24.8 Å². The Morgan fingerprint density at radius 2 is 1.94 bits per heavy atom. The average molecular weight is 470 g/mol. The first kappa shape index (κ1) is 22.5. The van der Waals surface area contributed by atoms with Gasteiger partial charge < -0.3 is 14.8 Å². The maximum atomic E-state index is 14.7. The highest BCUT2D eigenvalue weighted by molar-refractivity contribution is 6.19. The molecule has 3 fully saturated rings. The topological polar surface area (TPSA) is 97.6 Å². The summed E-state index contributed by atoms with van der Waals surface area (Å²) in [4.78, 5) is 32.1. The number of anilines is 1. The molecule has 2 saturated heterocycles. The van der Waals surface area contributed by atoms with Crippen molar-refractivity contribution in [2.75, 3.05) is 25.1 Å². The second-order valence-corrected chi connectivity index (χ2v) is 12.4. The Balaban J connectivity index is 1.62. The van der Waals surface area contributed by atoms with Crippen molar-refractivity contribution in [3.8, 4) is 5.75 Å². The molecule has 8 heteroatoms. The lowest BCUT2D eigenvalue weighted by molar-refractivity contribution is -1.09. The zero-order valence-electron chi connectivity index (χ0n) is 20.7. The summed E-state index contributed by atoms with van der Waals surface area (Å²) in [5, 5.41) is 23.0. The maximum absolute atomic E-state index is 14.7. The number of hydrogen-bond donors (Lipinski definition) is 2. The summed E-state index contributed by atoms with van der Waals surface area (Å²) in [7, 11) is 1.54. The number of quaternary nitrogens is 1. The highest BCUT2D eigenvalue weighted by Crippen LogP contribution is 2.69. The zero-order valence-corrected chi connectivity index (χ0v) is 20.7. The molecular formula is C26H35N3O5. The third-order valence-corrected chi connectivity index (χ3v) is 10.2. The molecule has 1 aromatic rings. The van der Waals surface area contributed by atoms with Crippen LogP contribution in [-0.2, 0) is 10.2 Å². The molecular weight excluding hydrogens is 434 g/mol. The van der Waals surface area contributed by atoms with Gasteiger partial charge in [0.15, 0.2) is 5.78 Å². The minimum Gasteiger partial charge on any atom is -0.600 e. The third kappa shape index (κ3) is 2.33. The number of carbonyl (C=O) groups is 2. The quantitative estimate of drug-likeness (QED) is 0.644. The Kier molecular flexibility index (Phi) is 4.36. The van der Waals surface area contributed by atoms with Gasteiger partial charge in [0.05, 0.1) is 30.3 Å². The molecule has 1 amide bonds. The van der Waals surface area contributed by atoms with Crippen molar-refractivity contribution in [1.29, 1.82) is 0 Å². The SMILES string of the molecule is COc1ccc2c3c1C(=O)CC(C)(C)N3C(=O)[C@@]21C[C@@]2([NH+]([O-])O)CN3CCC[C@@H]3C[C@H]2C1(C)C. The number of amides is 1. The van der Waals surface area contributed by atoms with E-state index in [2.05, 4.69) is 18.7 Å². The zero-order chi connectivity index (χ0) is 24.4. The lowest BCUT2D eigenvalue weighted by Crippen LogP contribution is -3.16. The molecule has 1 aliphatic carbocycles. The minimum atomic E-state index is -0.992. The first-order valence-electron chi connectivity index (χ1n) is 12.5. The van der Waals surface area contributed by atoms with Gasteiger partial charge in [-0.2, -0.15) is 0 Å². The van der Waals surface area contributed by atoms with Crippen molar-refractivity contribution in [2.24, 2.45) is 11.3 Å². The van der Waals surface area contributed by atoms with E-state index in [1.54, 1.807) is 13.2 Å². The third-order valence-electron chi connectivity index (χ3n) is 10.2. The van der Waals surface area contributed by atoms with Gasteiger partial charge in [-0.25, -0.2) is 10.4 Å². The fourth-order valence-electron chi connectivity index (χ4n) is 8.72. The molecule has 5 aliphatic rings. The number of hydrogen-bond acceptors (Lipinski definition) is 6. The monoisotopic (exact) mass is 469 g/mol. The number of carbonyl (C=O) groups excluding carboxylic acids is 2. The van der Waals surface area contributed by atoms with E-state index < -0.39 is 27.1 Å². The largest absolute Gasteiger partial charge is 0.600 e. The number of rotatable bonds is 2. The second-order valence-electron chi connectivity index (χ2n) is 12.4. The summed E-state index contributed by atoms with van der Waals surface area (Å²) in [6.07, 6.45) is 3.48. The van der Waals surface area contributed by atoms with Crippen molar-refractivity contribution in [3.05, 3.63) is 28.5 Å². The number of hydroxylamine groups is 2. The van der Waals surface area contributed by atoms with Crippen LogP contribution in [0.25, 0.3) is 0 Å². The average Bonchev–Trinajstić information content (AvgIpc) is 3.37. The van der Waals surface area contributed by atoms with Crippen LogP contribution < -0.4 is 14.9 Å². The van der Waals surface area contributed by atoms with Crippen molar-refractivity contribution < 1.29 is 24.8 Å². The van der Waals surface area contributed by atoms with Crippen molar-refractivity contribution in [2.45, 2.75) is 82.3 Å². The van der Waals surface area contributed by atoms with Gasteiger partial charge >= 0.3 is 0 Å². The smallest absolute Gasteiger partial charge is 0.239 e. The highest BCUT2D eigenvalue weighted by atomic mass is 16.8. The summed E-state index contributed by atoms with van der Waals surface area (Å²) < 4.78 is 5.56. The number of benzene rings is 1. The van der Waals surface area contributed by atoms with E-state index in [-0.39, 0.29) is 30.4 Å². The van der Waals surface area contributed by atoms with Crippen LogP contribution in [-0.4, -0.2) is 59.1 Å². The Hall–Kier alpha value is -2.00. The molecule has 8 nitrogen and oxygen atoms in total.